The van der Waals surface area contributed by atoms with Crippen LogP contribution in [0.25, 0.3) is 0 Å². The van der Waals surface area contributed by atoms with E-state index in [2.05, 4.69) is 11.0 Å². The number of rotatable bonds is 4. The molecule has 0 bridgehead atoms. The number of hydrogen-bond donors (Lipinski definition) is 2. The van der Waals surface area contributed by atoms with Gasteiger partial charge in [-0.3, -0.25) is 0 Å². The van der Waals surface area contributed by atoms with Gasteiger partial charge in [-0.15, -0.1) is 6.58 Å². The van der Waals surface area contributed by atoms with Crippen molar-refractivity contribution in [2.24, 2.45) is 0 Å². The topological polar surface area (TPSA) is 58.9 Å². The Bertz CT molecular complexity index is 150. The van der Waals surface area contributed by atoms with Crippen LogP contribution < -0.4 is 0 Å². The molecule has 0 aromatic carbocycles. The van der Waals surface area contributed by atoms with E-state index in [0.717, 1.165) is 0 Å². The summed E-state index contributed by atoms with van der Waals surface area (Å²) in [6.07, 6.45) is 1.43. The number of hydrogen-bond acceptors (Lipinski definition) is 4. The summed E-state index contributed by atoms with van der Waals surface area (Å²) < 4.78 is 9.57. The van der Waals surface area contributed by atoms with Crippen LogP contribution in [0.2, 0.25) is 0 Å². The third-order valence-corrected chi connectivity index (χ3v) is 2.25. The van der Waals surface area contributed by atoms with Gasteiger partial charge in [0.2, 0.25) is 0 Å². The Balaban J connectivity index is 3.94. The van der Waals surface area contributed by atoms with Crippen molar-refractivity contribution in [2.45, 2.75) is 26.4 Å². The average Bonchev–Trinajstić information content (AvgIpc) is 1.78. The van der Waals surface area contributed by atoms with E-state index < -0.39 is 14.6 Å². The molecule has 0 aliphatic rings. The minimum absolute atomic E-state index is 0.0787. The van der Waals surface area contributed by atoms with Crippen molar-refractivity contribution in [1.82, 2.24) is 0 Å². The summed E-state index contributed by atoms with van der Waals surface area (Å²) in [5, 5.41) is 0. The fourth-order valence-electron chi connectivity index (χ4n) is 0.596. The highest BCUT2D eigenvalue weighted by Gasteiger charge is 2.40. The maximum Gasteiger partial charge on any atom is 0.674 e. The van der Waals surface area contributed by atoms with Crippen LogP contribution in [0.1, 0.15) is 20.8 Å². The second kappa shape index (κ2) is 4.15. The van der Waals surface area contributed by atoms with Crippen LogP contribution in [-0.4, -0.2) is 30.8 Å². The van der Waals surface area contributed by atoms with Crippen molar-refractivity contribution >= 4 is 9.05 Å². The maximum atomic E-state index is 9.18. The highest BCUT2D eigenvalue weighted by Crippen LogP contribution is 2.13. The molecule has 0 aromatic rings. The molecular formula is C7H16O4Si. The second-order valence-corrected chi connectivity index (χ2v) is 4.95. The molecule has 0 fully saturated rings. The molecule has 0 heterocycles. The first-order valence-corrected chi connectivity index (χ1v) is 5.38. The van der Waals surface area contributed by atoms with Gasteiger partial charge in [0.25, 0.3) is 0 Å². The second-order valence-electron chi connectivity index (χ2n) is 3.36. The molecule has 72 valence electrons. The Labute approximate surface area is 73.9 Å². The zero-order chi connectivity index (χ0) is 9.83. The van der Waals surface area contributed by atoms with Crippen molar-refractivity contribution in [1.29, 1.82) is 0 Å². The van der Waals surface area contributed by atoms with Crippen LogP contribution in [0.5, 0.6) is 0 Å². The van der Waals surface area contributed by atoms with Crippen molar-refractivity contribution < 1.29 is 18.4 Å². The van der Waals surface area contributed by atoms with Gasteiger partial charge in [-0.1, -0.05) is 6.08 Å². The van der Waals surface area contributed by atoms with Crippen LogP contribution >= 0.6 is 0 Å². The molecule has 0 rings (SSSR count). The summed E-state index contributed by atoms with van der Waals surface area (Å²) in [5.41, 5.74) is -0.614. The van der Waals surface area contributed by atoms with Gasteiger partial charge in [0.15, 0.2) is 0 Å². The largest absolute Gasteiger partial charge is 0.674 e. The highest BCUT2D eigenvalue weighted by atomic mass is 28.4. The van der Waals surface area contributed by atoms with Crippen LogP contribution in [0.4, 0.5) is 0 Å². The minimum Gasteiger partial charge on any atom is -0.367 e. The first-order valence-electron chi connectivity index (χ1n) is 3.66. The zero-order valence-electron chi connectivity index (χ0n) is 7.70. The lowest BCUT2D eigenvalue weighted by molar-refractivity contribution is -0.0307. The molecule has 0 aromatic heterocycles. The van der Waals surface area contributed by atoms with Gasteiger partial charge in [-0.2, -0.15) is 0 Å². The van der Waals surface area contributed by atoms with Gasteiger partial charge in [-0.25, -0.2) is 0 Å². The zero-order valence-corrected chi connectivity index (χ0v) is 8.70. The van der Waals surface area contributed by atoms with E-state index in [1.165, 1.54) is 6.08 Å². The van der Waals surface area contributed by atoms with Gasteiger partial charge in [-0.05, 0) is 20.8 Å². The SMILES string of the molecule is C=CCO[Si](O)(O)OC(C)(C)C. The van der Waals surface area contributed by atoms with E-state index in [1.54, 1.807) is 20.8 Å². The minimum atomic E-state index is -3.93. The van der Waals surface area contributed by atoms with Crippen molar-refractivity contribution in [3.8, 4) is 0 Å². The predicted octanol–water partition coefficient (Wildman–Crippen LogP) is 0.424. The van der Waals surface area contributed by atoms with Crippen LogP contribution in [0, 0.1) is 0 Å². The van der Waals surface area contributed by atoms with E-state index in [4.69, 9.17) is 4.43 Å². The Morgan fingerprint density at radius 3 is 2.25 bits per heavy atom. The van der Waals surface area contributed by atoms with Gasteiger partial charge in [0, 0.05) is 0 Å². The quantitative estimate of drug-likeness (QED) is 0.501. The lowest BCUT2D eigenvalue weighted by atomic mass is 10.2. The van der Waals surface area contributed by atoms with Gasteiger partial charge in [0.05, 0.1) is 12.2 Å². The third kappa shape index (κ3) is 6.50. The van der Waals surface area contributed by atoms with E-state index in [9.17, 15) is 9.59 Å². The van der Waals surface area contributed by atoms with Gasteiger partial charge >= 0.3 is 9.05 Å². The molecular weight excluding hydrogens is 176 g/mol. The third-order valence-electron chi connectivity index (χ3n) is 0.828. The molecule has 0 spiro atoms. The molecule has 4 nitrogen and oxygen atoms in total. The van der Waals surface area contributed by atoms with Crippen LogP contribution in [-0.2, 0) is 8.85 Å². The van der Waals surface area contributed by atoms with E-state index >= 15 is 0 Å². The first-order chi connectivity index (χ1) is 5.27. The predicted molar refractivity (Wildman–Crippen MR) is 47.2 cm³/mol. The summed E-state index contributed by atoms with van der Waals surface area (Å²) >= 11 is 0. The fraction of sp³-hybridized carbons (Fsp3) is 0.714. The monoisotopic (exact) mass is 192 g/mol. The standard InChI is InChI=1S/C7H16O4Si/c1-5-6-10-12(8,9)11-7(2,3)4/h5,8-9H,1,6H2,2-4H3. The molecule has 0 saturated heterocycles. The lowest BCUT2D eigenvalue weighted by Crippen LogP contribution is -2.48. The molecule has 0 atom stereocenters. The summed E-state index contributed by atoms with van der Waals surface area (Å²) in [5.74, 6) is 0. The Hall–Kier alpha value is -0.203. The van der Waals surface area contributed by atoms with E-state index in [1.807, 2.05) is 0 Å². The van der Waals surface area contributed by atoms with Crippen molar-refractivity contribution in [2.75, 3.05) is 6.61 Å². The summed E-state index contributed by atoms with van der Waals surface area (Å²) in [4.78, 5) is 18.4. The molecule has 0 amide bonds. The van der Waals surface area contributed by atoms with E-state index in [0.29, 0.717) is 0 Å². The molecule has 0 aliphatic heterocycles. The Kier molecular flexibility index (Phi) is 4.08. The van der Waals surface area contributed by atoms with Crippen molar-refractivity contribution in [3.63, 3.8) is 0 Å². The summed E-state index contributed by atoms with van der Waals surface area (Å²) in [6, 6.07) is 0. The Morgan fingerprint density at radius 2 is 1.92 bits per heavy atom. The molecule has 2 N–H and O–H groups in total. The average molecular weight is 192 g/mol. The van der Waals surface area contributed by atoms with Crippen LogP contribution in [0.3, 0.4) is 0 Å². The van der Waals surface area contributed by atoms with E-state index in [-0.39, 0.29) is 6.61 Å². The molecule has 12 heavy (non-hydrogen) atoms. The molecule has 0 unspecified atom stereocenters. The Morgan fingerprint density at radius 1 is 1.42 bits per heavy atom. The smallest absolute Gasteiger partial charge is 0.367 e. The normalized spacial score (nSPS) is 13.1. The molecule has 0 radical (unpaired) electrons. The summed E-state index contributed by atoms with van der Waals surface area (Å²) in [7, 11) is -3.93. The van der Waals surface area contributed by atoms with Gasteiger partial charge < -0.3 is 18.4 Å². The molecule has 0 saturated carbocycles. The summed E-state index contributed by atoms with van der Waals surface area (Å²) in [6.45, 7) is 8.62. The molecule has 0 aliphatic carbocycles. The molecule has 5 heteroatoms. The maximum absolute atomic E-state index is 9.18. The lowest BCUT2D eigenvalue weighted by Gasteiger charge is -2.26. The van der Waals surface area contributed by atoms with Gasteiger partial charge in [0.1, 0.15) is 0 Å². The fourth-order valence-corrected chi connectivity index (χ4v) is 1.79. The highest BCUT2D eigenvalue weighted by molar-refractivity contribution is 6.50. The first kappa shape index (κ1) is 11.8. The van der Waals surface area contributed by atoms with Crippen molar-refractivity contribution in [3.05, 3.63) is 12.7 Å². The van der Waals surface area contributed by atoms with Crippen LogP contribution in [0.15, 0.2) is 12.7 Å².